The second-order valence-electron chi connectivity index (χ2n) is 9.27. The first-order chi connectivity index (χ1) is 17.7. The van der Waals surface area contributed by atoms with Gasteiger partial charge in [-0.15, -0.1) is 0 Å². The summed E-state index contributed by atoms with van der Waals surface area (Å²) in [7, 11) is 0. The van der Waals surface area contributed by atoms with Crippen LogP contribution in [0.5, 0.6) is 0 Å². The molecule has 9 nitrogen and oxygen atoms in total. The Kier molecular flexibility index (Phi) is 4.77. The van der Waals surface area contributed by atoms with Crippen LogP contribution < -0.4 is 4.90 Å². The number of anilines is 1. The maximum Gasteiger partial charge on any atom is 0.269 e. The quantitative estimate of drug-likeness (QED) is 0.232. The molecule has 3 aliphatic rings. The van der Waals surface area contributed by atoms with Gasteiger partial charge in [0.2, 0.25) is 29.0 Å². The van der Waals surface area contributed by atoms with Crippen molar-refractivity contribution in [3.05, 3.63) is 105 Å². The number of ketones is 2. The summed E-state index contributed by atoms with van der Waals surface area (Å²) in [5.74, 6) is -6.22. The summed E-state index contributed by atoms with van der Waals surface area (Å²) in [6.07, 6.45) is -1.19. The molecule has 0 bridgehead atoms. The van der Waals surface area contributed by atoms with E-state index in [0.29, 0.717) is 5.56 Å². The van der Waals surface area contributed by atoms with Crippen LogP contribution in [0.4, 0.5) is 15.8 Å². The SMILES string of the molecule is Cc1cc([N+](=O)[O-])ccc1N1C(=O)[C@@H]2[C@H](c3ccc(F)cc3)OC3(C(=O)c4ccccc4C3=O)[C@H]2C1=O. The number of fused-ring (bicyclic) bond motifs is 3. The third-order valence-electron chi connectivity index (χ3n) is 7.35. The zero-order chi connectivity index (χ0) is 26.2. The third kappa shape index (κ3) is 2.93. The summed E-state index contributed by atoms with van der Waals surface area (Å²) in [6, 6.07) is 14.9. The number of carbonyl (C=O) groups is 4. The minimum absolute atomic E-state index is 0.0937. The van der Waals surface area contributed by atoms with Gasteiger partial charge in [-0.1, -0.05) is 36.4 Å². The summed E-state index contributed by atoms with van der Waals surface area (Å²) in [4.78, 5) is 66.7. The van der Waals surface area contributed by atoms with Gasteiger partial charge in [0.15, 0.2) is 0 Å². The molecule has 37 heavy (non-hydrogen) atoms. The lowest BCUT2D eigenvalue weighted by Crippen LogP contribution is -2.51. The van der Waals surface area contributed by atoms with E-state index in [1.165, 1.54) is 49.4 Å². The average molecular weight is 500 g/mol. The van der Waals surface area contributed by atoms with Crippen molar-refractivity contribution in [1.82, 2.24) is 0 Å². The Morgan fingerprint density at radius 2 is 1.54 bits per heavy atom. The maximum absolute atomic E-state index is 13.9. The molecule has 1 aliphatic carbocycles. The number of benzene rings is 3. The van der Waals surface area contributed by atoms with Gasteiger partial charge in [-0.05, 0) is 36.2 Å². The molecule has 0 saturated carbocycles. The van der Waals surface area contributed by atoms with E-state index in [9.17, 15) is 33.7 Å². The normalized spacial score (nSPS) is 23.6. The number of Topliss-reactive ketones (excluding diaryl/α,β-unsaturated/α-hetero) is 2. The maximum atomic E-state index is 13.9. The Hall–Kier alpha value is -4.57. The molecule has 0 radical (unpaired) electrons. The Morgan fingerprint density at radius 1 is 0.919 bits per heavy atom. The number of non-ortho nitro benzene ring substituents is 1. The zero-order valence-electron chi connectivity index (χ0n) is 19.2. The Labute approximate surface area is 208 Å². The van der Waals surface area contributed by atoms with Crippen LogP contribution in [0.3, 0.4) is 0 Å². The molecule has 3 aromatic rings. The Balaban J connectivity index is 1.53. The molecule has 3 atom stereocenters. The fraction of sp³-hybridized carbons (Fsp3) is 0.185. The van der Waals surface area contributed by atoms with E-state index in [2.05, 4.69) is 0 Å². The van der Waals surface area contributed by atoms with Gasteiger partial charge in [-0.2, -0.15) is 0 Å². The van der Waals surface area contributed by atoms with E-state index in [1.54, 1.807) is 12.1 Å². The van der Waals surface area contributed by atoms with Crippen LogP contribution in [0.1, 0.15) is 37.9 Å². The molecule has 1 spiro atoms. The van der Waals surface area contributed by atoms with Crippen LogP contribution in [-0.4, -0.2) is 33.9 Å². The van der Waals surface area contributed by atoms with Crippen LogP contribution in [0.15, 0.2) is 66.7 Å². The monoisotopic (exact) mass is 500 g/mol. The zero-order valence-corrected chi connectivity index (χ0v) is 19.2. The van der Waals surface area contributed by atoms with Crippen molar-refractivity contribution in [3.8, 4) is 0 Å². The van der Waals surface area contributed by atoms with E-state index in [4.69, 9.17) is 4.74 Å². The molecule has 0 aromatic heterocycles. The van der Waals surface area contributed by atoms with Gasteiger partial charge in [-0.3, -0.25) is 29.3 Å². The summed E-state index contributed by atoms with van der Waals surface area (Å²) < 4.78 is 19.8. The first-order valence-electron chi connectivity index (χ1n) is 11.4. The van der Waals surface area contributed by atoms with Crippen LogP contribution >= 0.6 is 0 Å². The molecule has 2 saturated heterocycles. The van der Waals surface area contributed by atoms with E-state index in [-0.39, 0.29) is 28.1 Å². The van der Waals surface area contributed by atoms with E-state index >= 15 is 0 Å². The van der Waals surface area contributed by atoms with Crippen molar-refractivity contribution in [2.24, 2.45) is 11.8 Å². The fourth-order valence-electron chi connectivity index (χ4n) is 5.71. The number of amides is 2. The van der Waals surface area contributed by atoms with Crippen LogP contribution in [0.2, 0.25) is 0 Å². The van der Waals surface area contributed by atoms with E-state index in [1.807, 2.05) is 0 Å². The fourth-order valence-corrected chi connectivity index (χ4v) is 5.71. The van der Waals surface area contributed by atoms with Gasteiger partial charge in [0.05, 0.1) is 28.6 Å². The second-order valence-corrected chi connectivity index (χ2v) is 9.27. The lowest BCUT2D eigenvalue weighted by Gasteiger charge is -2.27. The smallest absolute Gasteiger partial charge is 0.269 e. The number of nitro benzene ring substituents is 1. The van der Waals surface area contributed by atoms with Crippen molar-refractivity contribution in [3.63, 3.8) is 0 Å². The van der Waals surface area contributed by atoms with Gasteiger partial charge in [-0.25, -0.2) is 9.29 Å². The first-order valence-corrected chi connectivity index (χ1v) is 11.4. The molecule has 10 heteroatoms. The van der Waals surface area contributed by atoms with Crippen LogP contribution in [-0.2, 0) is 14.3 Å². The molecule has 3 aromatic carbocycles. The van der Waals surface area contributed by atoms with Crippen LogP contribution in [0.25, 0.3) is 0 Å². The molecule has 6 rings (SSSR count). The minimum atomic E-state index is -2.26. The van der Waals surface area contributed by atoms with Gasteiger partial charge in [0.1, 0.15) is 5.82 Å². The molecule has 2 amide bonds. The highest BCUT2D eigenvalue weighted by Crippen LogP contribution is 2.57. The summed E-state index contributed by atoms with van der Waals surface area (Å²) >= 11 is 0. The molecule has 2 aliphatic heterocycles. The van der Waals surface area contributed by atoms with E-state index in [0.717, 1.165) is 17.0 Å². The predicted octanol–water partition coefficient (Wildman–Crippen LogP) is 3.74. The Morgan fingerprint density at radius 3 is 2.11 bits per heavy atom. The molecular formula is C27H17FN2O7. The van der Waals surface area contributed by atoms with Crippen molar-refractivity contribution < 1.29 is 33.2 Å². The van der Waals surface area contributed by atoms with Crippen molar-refractivity contribution in [1.29, 1.82) is 0 Å². The summed E-state index contributed by atoms with van der Waals surface area (Å²) in [6.45, 7) is 1.52. The topological polar surface area (TPSA) is 124 Å². The number of hydrogen-bond acceptors (Lipinski definition) is 7. The molecular weight excluding hydrogens is 483 g/mol. The number of aryl methyl sites for hydroxylation is 1. The van der Waals surface area contributed by atoms with Gasteiger partial charge >= 0.3 is 0 Å². The minimum Gasteiger partial charge on any atom is -0.349 e. The van der Waals surface area contributed by atoms with Crippen molar-refractivity contribution in [2.75, 3.05) is 4.90 Å². The standard InChI is InChI=1S/C27H17FN2O7/c1-13-12-16(30(35)36)10-11-19(13)29-25(33)20-21(26(29)34)27(37-22(20)14-6-8-15(28)9-7-14)23(31)17-4-2-3-5-18(17)24(27)32/h2-12,20-22H,1H3/t20-,21+,22-/m0/s1. The molecule has 2 fully saturated rings. The largest absolute Gasteiger partial charge is 0.349 e. The number of ether oxygens (including phenoxy) is 1. The third-order valence-corrected chi connectivity index (χ3v) is 7.35. The highest BCUT2D eigenvalue weighted by atomic mass is 19.1. The lowest BCUT2D eigenvalue weighted by molar-refractivity contribution is -0.384. The van der Waals surface area contributed by atoms with Crippen LogP contribution in [0, 0.1) is 34.7 Å². The number of halogens is 1. The number of imide groups is 1. The number of rotatable bonds is 3. The second kappa shape index (κ2) is 7.71. The molecule has 184 valence electrons. The van der Waals surface area contributed by atoms with Gasteiger partial charge in [0.25, 0.3) is 5.69 Å². The lowest BCUT2D eigenvalue weighted by atomic mass is 9.77. The predicted molar refractivity (Wildman–Crippen MR) is 125 cm³/mol. The van der Waals surface area contributed by atoms with Gasteiger partial charge < -0.3 is 4.74 Å². The summed E-state index contributed by atoms with van der Waals surface area (Å²) in [5.41, 5.74) is -1.57. The highest BCUT2D eigenvalue weighted by molar-refractivity contribution is 6.37. The summed E-state index contributed by atoms with van der Waals surface area (Å²) in [5, 5.41) is 11.2. The average Bonchev–Trinajstić information content (AvgIpc) is 3.45. The van der Waals surface area contributed by atoms with Gasteiger partial charge in [0, 0.05) is 23.3 Å². The number of nitro groups is 1. The highest BCUT2D eigenvalue weighted by Gasteiger charge is 2.74. The Bertz CT molecular complexity index is 1530. The number of carbonyl (C=O) groups excluding carboxylic acids is 4. The molecule has 0 unspecified atom stereocenters. The molecule has 2 heterocycles. The molecule has 0 N–H and O–H groups in total. The number of nitrogens with zero attached hydrogens (tertiary/aromatic N) is 2. The van der Waals surface area contributed by atoms with Crippen molar-refractivity contribution in [2.45, 2.75) is 18.6 Å². The number of hydrogen-bond donors (Lipinski definition) is 0. The first kappa shape index (κ1) is 22.9. The van der Waals surface area contributed by atoms with E-state index < -0.39 is 57.7 Å². The van der Waals surface area contributed by atoms with Crippen molar-refractivity contribution >= 4 is 34.8 Å².